The Morgan fingerprint density at radius 3 is 2.63 bits per heavy atom. The topological polar surface area (TPSA) is 78.7 Å². The van der Waals surface area contributed by atoms with Crippen molar-refractivity contribution in [2.75, 3.05) is 42.9 Å². The Labute approximate surface area is 155 Å². The highest BCUT2D eigenvalue weighted by Crippen LogP contribution is 2.39. The van der Waals surface area contributed by atoms with E-state index in [2.05, 4.69) is 5.32 Å². The molecule has 2 aromatic rings. The molecule has 2 heterocycles. The molecule has 2 aliphatic rings. The second kappa shape index (κ2) is 6.86. The molecule has 7 nitrogen and oxygen atoms in total. The van der Waals surface area contributed by atoms with E-state index < -0.39 is 5.82 Å². The van der Waals surface area contributed by atoms with Crippen LogP contribution in [0.15, 0.2) is 36.4 Å². The molecule has 1 fully saturated rings. The van der Waals surface area contributed by atoms with Crippen molar-refractivity contribution in [1.82, 2.24) is 4.90 Å². The van der Waals surface area contributed by atoms with Crippen molar-refractivity contribution in [2.45, 2.75) is 6.42 Å². The zero-order valence-corrected chi connectivity index (χ0v) is 14.7. The van der Waals surface area contributed by atoms with Gasteiger partial charge in [0, 0.05) is 55.6 Å². The summed E-state index contributed by atoms with van der Waals surface area (Å²) in [7, 11) is 0. The number of nitrogens with one attached hydrogen (secondary N) is 1. The first-order chi connectivity index (χ1) is 13.0. The number of halogens is 1. The highest BCUT2D eigenvalue weighted by molar-refractivity contribution is 5.94. The first kappa shape index (κ1) is 17.3. The Morgan fingerprint density at radius 1 is 1.15 bits per heavy atom. The fourth-order valence-electron chi connectivity index (χ4n) is 3.80. The van der Waals surface area contributed by atoms with E-state index >= 15 is 0 Å². The quantitative estimate of drug-likeness (QED) is 0.664. The third kappa shape index (κ3) is 3.18. The van der Waals surface area contributed by atoms with Crippen molar-refractivity contribution in [3.63, 3.8) is 0 Å². The summed E-state index contributed by atoms with van der Waals surface area (Å²) in [5.74, 6) is -0.661. The molecular formula is C19H19FN4O3. The highest BCUT2D eigenvalue weighted by atomic mass is 19.1. The molecule has 0 aliphatic carbocycles. The second-order valence-corrected chi connectivity index (χ2v) is 6.68. The number of rotatable bonds is 3. The minimum Gasteiger partial charge on any atom is -0.384 e. The molecule has 27 heavy (non-hydrogen) atoms. The van der Waals surface area contributed by atoms with Gasteiger partial charge in [0.1, 0.15) is 11.5 Å². The Balaban J connectivity index is 1.54. The number of amides is 1. The molecule has 140 valence electrons. The summed E-state index contributed by atoms with van der Waals surface area (Å²) >= 11 is 0. The Morgan fingerprint density at radius 2 is 1.93 bits per heavy atom. The summed E-state index contributed by atoms with van der Waals surface area (Å²) in [5.41, 5.74) is 2.98. The van der Waals surface area contributed by atoms with Gasteiger partial charge < -0.3 is 15.1 Å². The van der Waals surface area contributed by atoms with Gasteiger partial charge in [0.05, 0.1) is 4.92 Å². The predicted molar refractivity (Wildman–Crippen MR) is 99.8 cm³/mol. The zero-order valence-electron chi connectivity index (χ0n) is 14.7. The van der Waals surface area contributed by atoms with Crippen molar-refractivity contribution >= 4 is 23.0 Å². The minimum absolute atomic E-state index is 0.0994. The van der Waals surface area contributed by atoms with Gasteiger partial charge in [-0.3, -0.25) is 14.9 Å². The lowest BCUT2D eigenvalue weighted by atomic mass is 10.1. The normalized spacial score (nSPS) is 16.0. The number of hydrogen-bond acceptors (Lipinski definition) is 5. The average Bonchev–Trinajstić information content (AvgIpc) is 3.15. The summed E-state index contributed by atoms with van der Waals surface area (Å²) in [6.45, 7) is 2.63. The SMILES string of the molecule is O=C(c1cccc(F)c1)N1CCN(c2c([N+](=O)[O-])ccc3c2CCN3)CC1. The molecule has 0 unspecified atom stereocenters. The molecule has 0 bridgehead atoms. The largest absolute Gasteiger partial charge is 0.384 e. The van der Waals surface area contributed by atoms with Crippen molar-refractivity contribution in [3.8, 4) is 0 Å². The van der Waals surface area contributed by atoms with Gasteiger partial charge in [-0.05, 0) is 30.7 Å². The molecule has 4 rings (SSSR count). The number of nitro groups is 1. The van der Waals surface area contributed by atoms with Crippen LogP contribution in [-0.4, -0.2) is 48.5 Å². The molecule has 0 spiro atoms. The fourth-order valence-corrected chi connectivity index (χ4v) is 3.80. The highest BCUT2D eigenvalue weighted by Gasteiger charge is 2.31. The fraction of sp³-hybridized carbons (Fsp3) is 0.316. The van der Waals surface area contributed by atoms with Gasteiger partial charge in [-0.1, -0.05) is 6.07 Å². The number of nitrogens with zero attached hydrogens (tertiary/aromatic N) is 3. The van der Waals surface area contributed by atoms with Crippen LogP contribution in [-0.2, 0) is 6.42 Å². The summed E-state index contributed by atoms with van der Waals surface area (Å²) in [6, 6.07) is 8.94. The maximum absolute atomic E-state index is 13.4. The van der Waals surface area contributed by atoms with Gasteiger partial charge in [-0.25, -0.2) is 4.39 Å². The molecule has 1 saturated heterocycles. The average molecular weight is 370 g/mol. The van der Waals surface area contributed by atoms with E-state index in [-0.39, 0.29) is 16.5 Å². The van der Waals surface area contributed by atoms with Gasteiger partial charge in [0.2, 0.25) is 0 Å². The molecule has 1 N–H and O–H groups in total. The Hall–Kier alpha value is -3.16. The van der Waals surface area contributed by atoms with Crippen molar-refractivity contribution in [3.05, 3.63) is 63.5 Å². The smallest absolute Gasteiger partial charge is 0.292 e. The Bertz CT molecular complexity index is 910. The van der Waals surface area contributed by atoms with E-state index in [1.807, 2.05) is 4.90 Å². The van der Waals surface area contributed by atoms with Crippen LogP contribution in [0.25, 0.3) is 0 Å². The van der Waals surface area contributed by atoms with E-state index in [1.165, 1.54) is 24.3 Å². The Kier molecular flexibility index (Phi) is 4.39. The summed E-state index contributed by atoms with van der Waals surface area (Å²) < 4.78 is 13.4. The molecule has 8 heteroatoms. The molecule has 1 amide bonds. The number of nitro benzene ring substituents is 1. The first-order valence-corrected chi connectivity index (χ1v) is 8.88. The number of piperazine rings is 1. The third-order valence-electron chi connectivity index (χ3n) is 5.10. The molecule has 2 aliphatic heterocycles. The van der Waals surface area contributed by atoms with Crippen molar-refractivity contribution in [1.29, 1.82) is 0 Å². The minimum atomic E-state index is -0.442. The molecule has 0 aromatic heterocycles. The third-order valence-corrected chi connectivity index (χ3v) is 5.10. The first-order valence-electron chi connectivity index (χ1n) is 8.88. The second-order valence-electron chi connectivity index (χ2n) is 6.68. The van der Waals surface area contributed by atoms with E-state index in [1.54, 1.807) is 17.0 Å². The molecule has 2 aromatic carbocycles. The van der Waals surface area contributed by atoms with Crippen LogP contribution in [0.1, 0.15) is 15.9 Å². The van der Waals surface area contributed by atoms with E-state index in [0.29, 0.717) is 37.4 Å². The predicted octanol–water partition coefficient (Wildman–Crippen LogP) is 2.66. The van der Waals surface area contributed by atoms with Crippen LogP contribution in [0.5, 0.6) is 0 Å². The lowest BCUT2D eigenvalue weighted by molar-refractivity contribution is -0.384. The van der Waals surface area contributed by atoms with Crippen molar-refractivity contribution < 1.29 is 14.1 Å². The molecule has 0 atom stereocenters. The van der Waals surface area contributed by atoms with Crippen LogP contribution < -0.4 is 10.2 Å². The summed E-state index contributed by atoms with van der Waals surface area (Å²) in [5, 5.41) is 14.8. The lowest BCUT2D eigenvalue weighted by Gasteiger charge is -2.36. The molecular weight excluding hydrogens is 351 g/mol. The zero-order chi connectivity index (χ0) is 19.0. The van der Waals surface area contributed by atoms with Crippen LogP contribution >= 0.6 is 0 Å². The molecule has 0 radical (unpaired) electrons. The van der Waals surface area contributed by atoms with Gasteiger partial charge in [-0.2, -0.15) is 0 Å². The lowest BCUT2D eigenvalue weighted by Crippen LogP contribution is -2.49. The monoisotopic (exact) mass is 370 g/mol. The van der Waals surface area contributed by atoms with Gasteiger partial charge in [-0.15, -0.1) is 0 Å². The van der Waals surface area contributed by atoms with Crippen LogP contribution in [0.2, 0.25) is 0 Å². The van der Waals surface area contributed by atoms with Crippen LogP contribution in [0, 0.1) is 15.9 Å². The number of carbonyl (C=O) groups is 1. The van der Waals surface area contributed by atoms with Gasteiger partial charge >= 0.3 is 0 Å². The number of hydrogen-bond donors (Lipinski definition) is 1. The van der Waals surface area contributed by atoms with Crippen LogP contribution in [0.4, 0.5) is 21.5 Å². The van der Waals surface area contributed by atoms with Crippen LogP contribution in [0.3, 0.4) is 0 Å². The van der Waals surface area contributed by atoms with E-state index in [9.17, 15) is 19.3 Å². The maximum atomic E-state index is 13.4. The number of benzene rings is 2. The number of anilines is 2. The summed E-state index contributed by atoms with van der Waals surface area (Å²) in [6.07, 6.45) is 0.745. The molecule has 0 saturated carbocycles. The number of carbonyl (C=O) groups excluding carboxylic acids is 1. The maximum Gasteiger partial charge on any atom is 0.292 e. The van der Waals surface area contributed by atoms with E-state index in [4.69, 9.17) is 0 Å². The van der Waals surface area contributed by atoms with Gasteiger partial charge in [0.25, 0.3) is 11.6 Å². The summed E-state index contributed by atoms with van der Waals surface area (Å²) in [4.78, 5) is 27.4. The van der Waals surface area contributed by atoms with Gasteiger partial charge in [0.15, 0.2) is 0 Å². The standard InChI is InChI=1S/C19H19FN4O3/c20-14-3-1-2-13(12-14)19(25)23-10-8-22(9-11-23)18-15-6-7-21-16(15)4-5-17(18)24(26)27/h1-5,12,21H,6-11H2. The van der Waals surface area contributed by atoms with Crippen molar-refractivity contribution in [2.24, 2.45) is 0 Å². The van der Waals surface area contributed by atoms with E-state index in [0.717, 1.165) is 24.2 Å². The number of fused-ring (bicyclic) bond motifs is 1.